The molecule has 2 heterocycles. The van der Waals surface area contributed by atoms with Gasteiger partial charge in [0.1, 0.15) is 11.6 Å². The van der Waals surface area contributed by atoms with Crippen LogP contribution >= 0.6 is 0 Å². The summed E-state index contributed by atoms with van der Waals surface area (Å²) in [6.07, 6.45) is 3.63. The molecular formula is C16H28N4. The minimum absolute atomic E-state index is 0.386. The van der Waals surface area contributed by atoms with Crippen LogP contribution in [0.1, 0.15) is 57.5 Å². The summed E-state index contributed by atoms with van der Waals surface area (Å²) < 4.78 is 0. The Morgan fingerprint density at radius 3 is 2.60 bits per heavy atom. The van der Waals surface area contributed by atoms with Gasteiger partial charge in [-0.15, -0.1) is 0 Å². The molecule has 0 bridgehead atoms. The van der Waals surface area contributed by atoms with E-state index in [9.17, 15) is 0 Å². The maximum absolute atomic E-state index is 4.74. The van der Waals surface area contributed by atoms with Gasteiger partial charge in [0.25, 0.3) is 0 Å². The van der Waals surface area contributed by atoms with E-state index < -0.39 is 0 Å². The summed E-state index contributed by atoms with van der Waals surface area (Å²) in [6, 6.07) is 2.80. The highest BCUT2D eigenvalue weighted by Crippen LogP contribution is 2.21. The van der Waals surface area contributed by atoms with Gasteiger partial charge in [0.15, 0.2) is 0 Å². The molecule has 0 atom stereocenters. The Morgan fingerprint density at radius 1 is 1.30 bits per heavy atom. The fourth-order valence-electron chi connectivity index (χ4n) is 2.66. The molecule has 1 saturated heterocycles. The van der Waals surface area contributed by atoms with Crippen LogP contribution in [0.4, 0.5) is 5.82 Å². The van der Waals surface area contributed by atoms with Crippen molar-refractivity contribution in [2.24, 2.45) is 0 Å². The Morgan fingerprint density at radius 2 is 2.00 bits per heavy atom. The van der Waals surface area contributed by atoms with Gasteiger partial charge in [-0.3, -0.25) is 0 Å². The molecule has 4 nitrogen and oxygen atoms in total. The minimum Gasteiger partial charge on any atom is -0.356 e. The van der Waals surface area contributed by atoms with Crippen LogP contribution in [0.15, 0.2) is 6.07 Å². The summed E-state index contributed by atoms with van der Waals surface area (Å²) in [5, 5.41) is 3.62. The Kier molecular flexibility index (Phi) is 5.35. The quantitative estimate of drug-likeness (QED) is 0.898. The highest BCUT2D eigenvalue weighted by Gasteiger charge is 2.20. The van der Waals surface area contributed by atoms with Gasteiger partial charge in [0.05, 0.1) is 0 Å². The second kappa shape index (κ2) is 7.02. The summed E-state index contributed by atoms with van der Waals surface area (Å²) in [6.45, 7) is 11.9. The van der Waals surface area contributed by atoms with E-state index in [2.05, 4.69) is 49.0 Å². The average molecular weight is 276 g/mol. The zero-order valence-electron chi connectivity index (χ0n) is 13.3. The first kappa shape index (κ1) is 15.2. The van der Waals surface area contributed by atoms with Crippen molar-refractivity contribution >= 4 is 5.82 Å². The lowest BCUT2D eigenvalue weighted by atomic mass is 10.0. The van der Waals surface area contributed by atoms with E-state index in [0.717, 1.165) is 37.0 Å². The van der Waals surface area contributed by atoms with E-state index >= 15 is 0 Å². The van der Waals surface area contributed by atoms with Gasteiger partial charge in [0.2, 0.25) is 0 Å². The smallest absolute Gasteiger partial charge is 0.133 e. The molecule has 1 aromatic heterocycles. The molecule has 0 aliphatic carbocycles. The van der Waals surface area contributed by atoms with E-state index in [1.165, 1.54) is 19.3 Å². The molecule has 0 unspecified atom stereocenters. The first-order valence-electron chi connectivity index (χ1n) is 7.94. The summed E-state index contributed by atoms with van der Waals surface area (Å²) in [5.74, 6) is 2.46. The highest BCUT2D eigenvalue weighted by atomic mass is 15.2. The molecule has 1 aliphatic rings. The van der Waals surface area contributed by atoms with E-state index in [1.54, 1.807) is 0 Å². The van der Waals surface area contributed by atoms with Gasteiger partial charge in [-0.05, 0) is 32.7 Å². The molecule has 1 fully saturated rings. The number of nitrogens with zero attached hydrogens (tertiary/aromatic N) is 3. The number of aromatic nitrogens is 2. The lowest BCUT2D eigenvalue weighted by Crippen LogP contribution is -2.43. The maximum Gasteiger partial charge on any atom is 0.133 e. The number of rotatable bonds is 5. The van der Waals surface area contributed by atoms with Gasteiger partial charge in [0, 0.05) is 36.8 Å². The Labute approximate surface area is 123 Å². The predicted molar refractivity (Wildman–Crippen MR) is 84.4 cm³/mol. The number of nitrogens with one attached hydrogen (secondary N) is 1. The van der Waals surface area contributed by atoms with Gasteiger partial charge < -0.3 is 10.2 Å². The van der Waals surface area contributed by atoms with Crippen LogP contribution in [0.25, 0.3) is 0 Å². The molecule has 1 aromatic rings. The van der Waals surface area contributed by atoms with Gasteiger partial charge in [-0.25, -0.2) is 9.97 Å². The number of piperidine rings is 1. The zero-order chi connectivity index (χ0) is 14.5. The fraction of sp³-hybridized carbons (Fsp3) is 0.750. The molecular weight excluding hydrogens is 248 g/mol. The Balaban J connectivity index is 1.99. The second-order valence-corrected chi connectivity index (χ2v) is 6.10. The third kappa shape index (κ3) is 3.92. The summed E-state index contributed by atoms with van der Waals surface area (Å²) in [5.41, 5.74) is 1.07. The molecule has 0 spiro atoms. The molecule has 0 radical (unpaired) electrons. The molecule has 1 aliphatic heterocycles. The van der Waals surface area contributed by atoms with Crippen LogP contribution in [-0.4, -0.2) is 35.6 Å². The van der Waals surface area contributed by atoms with Crippen molar-refractivity contribution in [3.8, 4) is 0 Å². The van der Waals surface area contributed by atoms with Crippen LogP contribution in [0.2, 0.25) is 0 Å². The number of anilines is 1. The number of aryl methyl sites for hydroxylation is 1. The van der Waals surface area contributed by atoms with Crippen LogP contribution in [-0.2, 0) is 0 Å². The molecule has 2 rings (SSSR count). The highest BCUT2D eigenvalue weighted by molar-refractivity contribution is 5.40. The second-order valence-electron chi connectivity index (χ2n) is 6.10. The lowest BCUT2D eigenvalue weighted by Gasteiger charge is -2.33. The standard InChI is InChI=1S/C16H28N4/c1-5-8-17-14-6-9-20(10-7-14)15-11-13(4)18-16(19-15)12(2)3/h11-12,14,17H,5-10H2,1-4H3. The zero-order valence-corrected chi connectivity index (χ0v) is 13.3. The molecule has 1 N–H and O–H groups in total. The lowest BCUT2D eigenvalue weighted by molar-refractivity contribution is 0.414. The summed E-state index contributed by atoms with van der Waals surface area (Å²) >= 11 is 0. The molecule has 4 heteroatoms. The molecule has 20 heavy (non-hydrogen) atoms. The summed E-state index contributed by atoms with van der Waals surface area (Å²) in [4.78, 5) is 11.7. The van der Waals surface area contributed by atoms with Gasteiger partial charge >= 0.3 is 0 Å². The van der Waals surface area contributed by atoms with Crippen LogP contribution in [0.3, 0.4) is 0 Å². The minimum atomic E-state index is 0.386. The van der Waals surface area contributed by atoms with E-state index in [1.807, 2.05) is 0 Å². The summed E-state index contributed by atoms with van der Waals surface area (Å²) in [7, 11) is 0. The molecule has 0 amide bonds. The molecule has 0 aromatic carbocycles. The van der Waals surface area contributed by atoms with Gasteiger partial charge in [-0.2, -0.15) is 0 Å². The van der Waals surface area contributed by atoms with E-state index in [0.29, 0.717) is 12.0 Å². The van der Waals surface area contributed by atoms with Gasteiger partial charge in [-0.1, -0.05) is 20.8 Å². The van der Waals surface area contributed by atoms with E-state index in [-0.39, 0.29) is 0 Å². The van der Waals surface area contributed by atoms with Crippen molar-refractivity contribution in [2.75, 3.05) is 24.5 Å². The Bertz CT molecular complexity index is 422. The maximum atomic E-state index is 4.74. The average Bonchev–Trinajstić information content (AvgIpc) is 2.45. The van der Waals surface area contributed by atoms with E-state index in [4.69, 9.17) is 4.98 Å². The third-order valence-corrected chi connectivity index (χ3v) is 3.88. The van der Waals surface area contributed by atoms with Crippen LogP contribution < -0.4 is 10.2 Å². The third-order valence-electron chi connectivity index (χ3n) is 3.88. The molecule has 0 saturated carbocycles. The van der Waals surface area contributed by atoms with Crippen molar-refractivity contribution in [2.45, 2.75) is 58.9 Å². The van der Waals surface area contributed by atoms with Crippen molar-refractivity contribution in [3.63, 3.8) is 0 Å². The van der Waals surface area contributed by atoms with Crippen LogP contribution in [0, 0.1) is 6.92 Å². The first-order chi connectivity index (χ1) is 9.60. The SMILES string of the molecule is CCCNC1CCN(c2cc(C)nc(C(C)C)n2)CC1. The Hall–Kier alpha value is -1.16. The largest absolute Gasteiger partial charge is 0.356 e. The van der Waals surface area contributed by atoms with Crippen molar-refractivity contribution in [3.05, 3.63) is 17.6 Å². The monoisotopic (exact) mass is 276 g/mol. The first-order valence-corrected chi connectivity index (χ1v) is 7.94. The molecule has 112 valence electrons. The predicted octanol–water partition coefficient (Wildman–Crippen LogP) is 2.88. The normalized spacial score (nSPS) is 16.9. The number of hydrogen-bond donors (Lipinski definition) is 1. The van der Waals surface area contributed by atoms with Crippen molar-refractivity contribution in [1.82, 2.24) is 15.3 Å². The van der Waals surface area contributed by atoms with Crippen molar-refractivity contribution in [1.29, 1.82) is 0 Å². The fourth-order valence-corrected chi connectivity index (χ4v) is 2.66. The van der Waals surface area contributed by atoms with Crippen LogP contribution in [0.5, 0.6) is 0 Å². The topological polar surface area (TPSA) is 41.0 Å². The van der Waals surface area contributed by atoms with Crippen molar-refractivity contribution < 1.29 is 0 Å². The number of hydrogen-bond acceptors (Lipinski definition) is 4.